The van der Waals surface area contributed by atoms with Crippen molar-refractivity contribution in [3.63, 3.8) is 0 Å². The summed E-state index contributed by atoms with van der Waals surface area (Å²) in [5.74, 6) is -0.620. The fraction of sp³-hybridized carbons (Fsp3) is 0.250. The molecule has 0 saturated heterocycles. The Morgan fingerprint density at radius 3 is 3.00 bits per heavy atom. The molecule has 0 fully saturated rings. The summed E-state index contributed by atoms with van der Waals surface area (Å²) in [7, 11) is 0. The lowest BCUT2D eigenvalue weighted by molar-refractivity contribution is 0.0519. The van der Waals surface area contributed by atoms with Crippen molar-refractivity contribution >= 4 is 17.6 Å². The van der Waals surface area contributed by atoms with Crippen molar-refractivity contribution in [2.45, 2.75) is 6.92 Å². The van der Waals surface area contributed by atoms with Crippen LogP contribution in [0, 0.1) is 0 Å². The van der Waals surface area contributed by atoms with E-state index < -0.39 is 11.4 Å². The minimum absolute atomic E-state index is 0.00369. The summed E-state index contributed by atoms with van der Waals surface area (Å²) in [6.45, 7) is 1.92. The number of hydrogen-bond acceptors (Lipinski definition) is 3. The maximum Gasteiger partial charge on any atom is 0.356 e. The SMILES string of the molecule is CCOC(=O)c1[nH]ccc(=O)c1Cl. The first kappa shape index (κ1) is 9.80. The van der Waals surface area contributed by atoms with E-state index in [9.17, 15) is 9.59 Å². The summed E-state index contributed by atoms with van der Waals surface area (Å²) >= 11 is 5.58. The number of ether oxygens (including phenoxy) is 1. The third-order valence-corrected chi connectivity index (χ3v) is 1.75. The predicted octanol–water partition coefficient (Wildman–Crippen LogP) is 1.21. The molecule has 0 aliphatic carbocycles. The van der Waals surface area contributed by atoms with Crippen LogP contribution in [-0.2, 0) is 4.74 Å². The Kier molecular flexibility index (Phi) is 3.08. The Labute approximate surface area is 79.5 Å². The zero-order valence-electron chi connectivity index (χ0n) is 6.96. The normalized spacial score (nSPS) is 9.69. The molecule has 0 aliphatic rings. The zero-order chi connectivity index (χ0) is 9.84. The molecule has 0 aliphatic heterocycles. The Bertz CT molecular complexity index is 372. The molecule has 0 unspecified atom stereocenters. The van der Waals surface area contributed by atoms with Gasteiger partial charge in [0.25, 0.3) is 0 Å². The van der Waals surface area contributed by atoms with E-state index in [0.717, 1.165) is 0 Å². The largest absolute Gasteiger partial charge is 0.461 e. The first-order chi connectivity index (χ1) is 6.16. The van der Waals surface area contributed by atoms with Gasteiger partial charge in [-0.05, 0) is 6.92 Å². The molecule has 0 saturated carbocycles. The van der Waals surface area contributed by atoms with Gasteiger partial charge in [-0.1, -0.05) is 11.6 Å². The van der Waals surface area contributed by atoms with Crippen molar-refractivity contribution in [2.75, 3.05) is 6.61 Å². The van der Waals surface area contributed by atoms with Gasteiger partial charge in [0, 0.05) is 12.3 Å². The second-order valence-corrected chi connectivity index (χ2v) is 2.63. The Hall–Kier alpha value is -1.29. The van der Waals surface area contributed by atoms with Crippen LogP contribution in [0.15, 0.2) is 17.1 Å². The highest BCUT2D eigenvalue weighted by molar-refractivity contribution is 6.33. The molecule has 70 valence electrons. The highest BCUT2D eigenvalue weighted by atomic mass is 35.5. The van der Waals surface area contributed by atoms with Crippen molar-refractivity contribution in [3.8, 4) is 0 Å². The maximum absolute atomic E-state index is 11.1. The quantitative estimate of drug-likeness (QED) is 0.732. The fourth-order valence-electron chi connectivity index (χ4n) is 0.812. The second kappa shape index (κ2) is 4.09. The average Bonchev–Trinajstić information content (AvgIpc) is 2.10. The smallest absolute Gasteiger partial charge is 0.356 e. The van der Waals surface area contributed by atoms with Crippen molar-refractivity contribution in [1.29, 1.82) is 0 Å². The third-order valence-electron chi connectivity index (χ3n) is 1.38. The van der Waals surface area contributed by atoms with E-state index in [1.165, 1.54) is 12.3 Å². The molecule has 1 heterocycles. The topological polar surface area (TPSA) is 59.2 Å². The minimum Gasteiger partial charge on any atom is -0.461 e. The van der Waals surface area contributed by atoms with Gasteiger partial charge in [-0.25, -0.2) is 4.79 Å². The van der Waals surface area contributed by atoms with Gasteiger partial charge in [-0.3, -0.25) is 4.79 Å². The minimum atomic E-state index is -0.620. The molecule has 5 heteroatoms. The first-order valence-electron chi connectivity index (χ1n) is 3.71. The lowest BCUT2D eigenvalue weighted by Crippen LogP contribution is -2.13. The molecule has 0 bridgehead atoms. The summed E-state index contributed by atoms with van der Waals surface area (Å²) in [5.41, 5.74) is -0.403. The number of carbonyl (C=O) groups is 1. The van der Waals surface area contributed by atoms with E-state index in [0.29, 0.717) is 0 Å². The fourth-order valence-corrected chi connectivity index (χ4v) is 1.01. The van der Waals surface area contributed by atoms with Gasteiger partial charge in [0.2, 0.25) is 5.43 Å². The van der Waals surface area contributed by atoms with Gasteiger partial charge in [0.1, 0.15) is 10.7 Å². The van der Waals surface area contributed by atoms with Gasteiger partial charge in [-0.15, -0.1) is 0 Å². The van der Waals surface area contributed by atoms with Gasteiger partial charge in [-0.2, -0.15) is 0 Å². The summed E-state index contributed by atoms with van der Waals surface area (Å²) in [4.78, 5) is 24.7. The van der Waals surface area contributed by atoms with Crippen molar-refractivity contribution < 1.29 is 9.53 Å². The van der Waals surface area contributed by atoms with Crippen LogP contribution in [-0.4, -0.2) is 17.6 Å². The first-order valence-corrected chi connectivity index (χ1v) is 4.09. The molecular weight excluding hydrogens is 194 g/mol. The summed E-state index contributed by atoms with van der Waals surface area (Å²) in [5, 5.41) is -0.138. The van der Waals surface area contributed by atoms with E-state index in [-0.39, 0.29) is 17.3 Å². The van der Waals surface area contributed by atoms with Crippen LogP contribution in [0.2, 0.25) is 5.02 Å². The molecule has 1 aromatic heterocycles. The Morgan fingerprint density at radius 1 is 1.69 bits per heavy atom. The second-order valence-electron chi connectivity index (χ2n) is 2.25. The van der Waals surface area contributed by atoms with Gasteiger partial charge >= 0.3 is 5.97 Å². The van der Waals surface area contributed by atoms with Crippen LogP contribution in [0.5, 0.6) is 0 Å². The summed E-state index contributed by atoms with van der Waals surface area (Å²) < 4.78 is 4.67. The molecule has 0 atom stereocenters. The Balaban J connectivity index is 3.08. The van der Waals surface area contributed by atoms with Crippen molar-refractivity contribution in [3.05, 3.63) is 33.2 Å². The molecular formula is C8H8ClNO3. The molecule has 0 radical (unpaired) electrons. The molecule has 0 amide bonds. The number of aromatic amines is 1. The summed E-state index contributed by atoms with van der Waals surface area (Å²) in [6, 6.07) is 1.24. The number of H-pyrrole nitrogens is 1. The van der Waals surface area contributed by atoms with E-state index >= 15 is 0 Å². The van der Waals surface area contributed by atoms with E-state index in [2.05, 4.69) is 9.72 Å². The molecule has 4 nitrogen and oxygen atoms in total. The maximum atomic E-state index is 11.1. The molecule has 1 rings (SSSR count). The number of halogens is 1. The Morgan fingerprint density at radius 2 is 2.38 bits per heavy atom. The highest BCUT2D eigenvalue weighted by Gasteiger charge is 2.13. The van der Waals surface area contributed by atoms with E-state index in [1.54, 1.807) is 6.92 Å². The average molecular weight is 202 g/mol. The van der Waals surface area contributed by atoms with Crippen LogP contribution >= 0.6 is 11.6 Å². The number of carbonyl (C=O) groups excluding carboxylic acids is 1. The van der Waals surface area contributed by atoms with Crippen LogP contribution in [0.4, 0.5) is 0 Å². The third kappa shape index (κ3) is 2.09. The summed E-state index contributed by atoms with van der Waals surface area (Å²) in [6.07, 6.45) is 1.35. The lowest BCUT2D eigenvalue weighted by Gasteiger charge is -2.01. The highest BCUT2D eigenvalue weighted by Crippen LogP contribution is 2.07. The lowest BCUT2D eigenvalue weighted by atomic mass is 10.3. The number of nitrogens with one attached hydrogen (secondary N) is 1. The van der Waals surface area contributed by atoms with Gasteiger partial charge in [0.15, 0.2) is 0 Å². The standard InChI is InChI=1S/C8H8ClNO3/c1-2-13-8(12)7-6(9)5(11)3-4-10-7/h3-4H,2H2,1H3,(H,10,11). The molecule has 1 aromatic rings. The number of aromatic nitrogens is 1. The molecule has 0 aromatic carbocycles. The van der Waals surface area contributed by atoms with Gasteiger partial charge in [0.05, 0.1) is 6.61 Å². The molecule has 1 N–H and O–H groups in total. The number of esters is 1. The number of hydrogen-bond donors (Lipinski definition) is 1. The van der Waals surface area contributed by atoms with Crippen molar-refractivity contribution in [1.82, 2.24) is 4.98 Å². The van der Waals surface area contributed by atoms with Crippen LogP contribution in [0.3, 0.4) is 0 Å². The predicted molar refractivity (Wildman–Crippen MR) is 48.0 cm³/mol. The van der Waals surface area contributed by atoms with Crippen LogP contribution in [0.1, 0.15) is 17.4 Å². The number of pyridine rings is 1. The van der Waals surface area contributed by atoms with Crippen LogP contribution in [0.25, 0.3) is 0 Å². The molecule has 0 spiro atoms. The van der Waals surface area contributed by atoms with Crippen molar-refractivity contribution in [2.24, 2.45) is 0 Å². The van der Waals surface area contributed by atoms with Crippen LogP contribution < -0.4 is 5.43 Å². The number of rotatable bonds is 2. The van der Waals surface area contributed by atoms with E-state index in [4.69, 9.17) is 11.6 Å². The molecule has 13 heavy (non-hydrogen) atoms. The zero-order valence-corrected chi connectivity index (χ0v) is 7.72. The van der Waals surface area contributed by atoms with Gasteiger partial charge < -0.3 is 9.72 Å². The monoisotopic (exact) mass is 201 g/mol. The van der Waals surface area contributed by atoms with E-state index in [1.807, 2.05) is 0 Å².